The van der Waals surface area contributed by atoms with Crippen LogP contribution in [0.2, 0.25) is 36.3 Å². The minimum absolute atomic E-state index is 0.0386. The van der Waals surface area contributed by atoms with E-state index in [9.17, 15) is 0 Å². The van der Waals surface area contributed by atoms with Crippen molar-refractivity contribution in [3.05, 3.63) is 24.3 Å². The standard InChI is InChI=1S/C21H42O2Si2/c1-18-13-12-14-21(15-18,16-22-24(8,9)19(2,3)4)17-23-25(10,11)20(5,6)7/h12-13H,1,14-17H2,2-11H3. The van der Waals surface area contributed by atoms with E-state index in [1.165, 1.54) is 5.57 Å². The molecule has 25 heavy (non-hydrogen) atoms. The van der Waals surface area contributed by atoms with Gasteiger partial charge in [0.1, 0.15) is 0 Å². The van der Waals surface area contributed by atoms with Crippen molar-refractivity contribution in [1.82, 2.24) is 0 Å². The maximum Gasteiger partial charge on any atom is 0.192 e. The second-order valence-electron chi connectivity index (χ2n) is 11.0. The van der Waals surface area contributed by atoms with Crippen LogP contribution in [-0.4, -0.2) is 29.8 Å². The van der Waals surface area contributed by atoms with E-state index >= 15 is 0 Å². The Balaban J connectivity index is 2.94. The average Bonchev–Trinajstić information content (AvgIpc) is 2.41. The highest BCUT2D eigenvalue weighted by Gasteiger charge is 2.43. The summed E-state index contributed by atoms with van der Waals surface area (Å²) in [5.74, 6) is 0. The molecule has 0 fully saturated rings. The fourth-order valence-corrected chi connectivity index (χ4v) is 4.65. The van der Waals surface area contributed by atoms with Crippen molar-refractivity contribution in [3.63, 3.8) is 0 Å². The van der Waals surface area contributed by atoms with E-state index in [0.29, 0.717) is 0 Å². The molecule has 1 aliphatic carbocycles. The van der Waals surface area contributed by atoms with Crippen molar-refractivity contribution in [2.45, 2.75) is 90.6 Å². The highest BCUT2D eigenvalue weighted by atomic mass is 28.4. The highest BCUT2D eigenvalue weighted by molar-refractivity contribution is 6.74. The van der Waals surface area contributed by atoms with Gasteiger partial charge in [0, 0.05) is 18.6 Å². The molecule has 0 heterocycles. The van der Waals surface area contributed by atoms with Gasteiger partial charge in [-0.1, -0.05) is 65.8 Å². The molecule has 0 aliphatic heterocycles. The predicted molar refractivity (Wildman–Crippen MR) is 116 cm³/mol. The van der Waals surface area contributed by atoms with Gasteiger partial charge >= 0.3 is 0 Å². The first-order valence-electron chi connectivity index (χ1n) is 9.64. The fraction of sp³-hybridized carbons (Fsp3) is 0.810. The van der Waals surface area contributed by atoms with Gasteiger partial charge in [0.15, 0.2) is 16.6 Å². The molecule has 0 atom stereocenters. The predicted octanol–water partition coefficient (Wildman–Crippen LogP) is 6.92. The van der Waals surface area contributed by atoms with Gasteiger partial charge in [-0.15, -0.1) is 0 Å². The van der Waals surface area contributed by atoms with Crippen LogP contribution in [0.5, 0.6) is 0 Å². The van der Waals surface area contributed by atoms with Crippen molar-refractivity contribution in [2.75, 3.05) is 13.2 Å². The van der Waals surface area contributed by atoms with Crippen LogP contribution in [-0.2, 0) is 8.85 Å². The maximum absolute atomic E-state index is 6.64. The Morgan fingerprint density at radius 3 is 1.64 bits per heavy atom. The largest absolute Gasteiger partial charge is 0.416 e. The zero-order valence-corrected chi connectivity index (χ0v) is 20.5. The molecule has 0 aromatic rings. The molecule has 0 bridgehead atoms. The van der Waals surface area contributed by atoms with Crippen molar-refractivity contribution < 1.29 is 8.85 Å². The number of rotatable bonds is 6. The van der Waals surface area contributed by atoms with Crippen LogP contribution < -0.4 is 0 Å². The highest BCUT2D eigenvalue weighted by Crippen LogP contribution is 2.43. The Labute approximate surface area is 159 Å². The molecule has 1 aliphatic rings. The summed E-state index contributed by atoms with van der Waals surface area (Å²) in [4.78, 5) is 0. The normalized spacial score (nSPS) is 19.4. The smallest absolute Gasteiger partial charge is 0.192 e. The zero-order valence-electron chi connectivity index (χ0n) is 18.5. The van der Waals surface area contributed by atoms with Crippen LogP contribution in [0.25, 0.3) is 0 Å². The Bertz CT molecular complexity index is 475. The average molecular weight is 383 g/mol. The summed E-state index contributed by atoms with van der Waals surface area (Å²) < 4.78 is 13.3. The second-order valence-corrected chi connectivity index (χ2v) is 20.7. The van der Waals surface area contributed by atoms with Crippen molar-refractivity contribution in [1.29, 1.82) is 0 Å². The topological polar surface area (TPSA) is 18.5 Å². The van der Waals surface area contributed by atoms with Gasteiger partial charge in [-0.05, 0) is 49.1 Å². The lowest BCUT2D eigenvalue weighted by atomic mass is 9.77. The van der Waals surface area contributed by atoms with E-state index in [1.54, 1.807) is 0 Å². The number of hydrogen-bond acceptors (Lipinski definition) is 2. The first kappa shape index (κ1) is 22.9. The van der Waals surface area contributed by atoms with Crippen LogP contribution in [0.1, 0.15) is 54.4 Å². The monoisotopic (exact) mass is 382 g/mol. The first-order chi connectivity index (χ1) is 11.0. The third-order valence-electron chi connectivity index (χ3n) is 6.60. The van der Waals surface area contributed by atoms with E-state index < -0.39 is 16.6 Å². The summed E-state index contributed by atoms with van der Waals surface area (Å²) in [6.45, 7) is 28.9. The Kier molecular flexibility index (Phi) is 6.82. The van der Waals surface area contributed by atoms with Gasteiger partial charge in [-0.3, -0.25) is 0 Å². The minimum atomic E-state index is -1.77. The van der Waals surface area contributed by atoms with Crippen LogP contribution in [0.15, 0.2) is 24.3 Å². The molecule has 0 spiro atoms. The quantitative estimate of drug-likeness (QED) is 0.464. The summed E-state index contributed by atoms with van der Waals surface area (Å²) in [7, 11) is -3.53. The molecule has 0 saturated heterocycles. The molecule has 0 saturated carbocycles. The summed E-state index contributed by atoms with van der Waals surface area (Å²) in [5.41, 5.74) is 1.24. The molecule has 0 unspecified atom stereocenters. The Morgan fingerprint density at radius 1 is 0.920 bits per heavy atom. The van der Waals surface area contributed by atoms with Gasteiger partial charge < -0.3 is 8.85 Å². The second kappa shape index (κ2) is 7.45. The van der Waals surface area contributed by atoms with Crippen molar-refractivity contribution in [3.8, 4) is 0 Å². The molecule has 4 heteroatoms. The van der Waals surface area contributed by atoms with Crippen molar-refractivity contribution >= 4 is 16.6 Å². The molecular formula is C21H42O2Si2. The molecule has 0 N–H and O–H groups in total. The molecule has 0 aromatic carbocycles. The Morgan fingerprint density at radius 2 is 1.32 bits per heavy atom. The van der Waals surface area contributed by atoms with Gasteiger partial charge in [0.2, 0.25) is 0 Å². The summed E-state index contributed by atoms with van der Waals surface area (Å²) in [6, 6.07) is 0. The van der Waals surface area contributed by atoms with E-state index in [1.807, 2.05) is 0 Å². The molecule has 1 rings (SSSR count). The maximum atomic E-state index is 6.64. The molecule has 2 nitrogen and oxygen atoms in total. The van der Waals surface area contributed by atoms with Gasteiger partial charge in [-0.2, -0.15) is 0 Å². The molecule has 146 valence electrons. The third kappa shape index (κ3) is 5.91. The molecule has 0 aromatic heterocycles. The third-order valence-corrected chi connectivity index (χ3v) is 15.6. The van der Waals surface area contributed by atoms with Crippen molar-refractivity contribution in [2.24, 2.45) is 5.41 Å². The first-order valence-corrected chi connectivity index (χ1v) is 15.5. The van der Waals surface area contributed by atoms with Gasteiger partial charge in [0.25, 0.3) is 0 Å². The molecule has 0 amide bonds. The lowest BCUT2D eigenvalue weighted by molar-refractivity contribution is 0.0653. The SMILES string of the molecule is C=C1C=CCC(CO[Si](C)(C)C(C)(C)C)(CO[Si](C)(C)C(C)(C)C)C1. The van der Waals surface area contributed by atoms with Crippen LogP contribution in [0, 0.1) is 5.41 Å². The number of hydrogen-bond donors (Lipinski definition) is 0. The lowest BCUT2D eigenvalue weighted by Gasteiger charge is -2.44. The van der Waals surface area contributed by atoms with Gasteiger partial charge in [0.05, 0.1) is 0 Å². The van der Waals surface area contributed by atoms with Crippen LogP contribution in [0.4, 0.5) is 0 Å². The van der Waals surface area contributed by atoms with E-state index in [0.717, 1.165) is 26.1 Å². The van der Waals surface area contributed by atoms with Gasteiger partial charge in [-0.25, -0.2) is 0 Å². The molecular weight excluding hydrogens is 340 g/mol. The van der Waals surface area contributed by atoms with E-state index in [2.05, 4.69) is 86.5 Å². The molecule has 0 radical (unpaired) electrons. The summed E-state index contributed by atoms with van der Waals surface area (Å²) >= 11 is 0. The fourth-order valence-electron chi connectivity index (χ4n) is 2.45. The summed E-state index contributed by atoms with van der Waals surface area (Å²) in [5, 5.41) is 0.464. The van der Waals surface area contributed by atoms with Crippen LogP contribution in [0.3, 0.4) is 0 Å². The lowest BCUT2D eigenvalue weighted by Crippen LogP contribution is -2.48. The minimum Gasteiger partial charge on any atom is -0.416 e. The number of allylic oxidation sites excluding steroid dienone is 3. The van der Waals surface area contributed by atoms with E-state index in [-0.39, 0.29) is 15.5 Å². The Hall–Kier alpha value is -0.166. The van der Waals surface area contributed by atoms with E-state index in [4.69, 9.17) is 8.85 Å². The summed E-state index contributed by atoms with van der Waals surface area (Å²) in [6.07, 6.45) is 6.43. The van der Waals surface area contributed by atoms with Crippen LogP contribution >= 0.6 is 0 Å². The zero-order chi connectivity index (χ0) is 19.7.